The highest BCUT2D eigenvalue weighted by atomic mass is 16.6. The maximum atomic E-state index is 12.0. The first-order valence-electron chi connectivity index (χ1n) is 6.55. The average Bonchev–Trinajstić information content (AvgIpc) is 3.14. The molecule has 1 rings (SSSR count). The Morgan fingerprint density at radius 2 is 1.68 bits per heavy atom. The highest BCUT2D eigenvalue weighted by Gasteiger charge is 2.56. The molecule has 0 aromatic rings. The van der Waals surface area contributed by atoms with Gasteiger partial charge in [0.15, 0.2) is 5.92 Å². The van der Waals surface area contributed by atoms with Crippen molar-refractivity contribution in [1.82, 2.24) is 0 Å². The summed E-state index contributed by atoms with van der Waals surface area (Å²) in [5.74, 6) is -2.99. The van der Waals surface area contributed by atoms with E-state index >= 15 is 0 Å². The molecule has 0 aromatic carbocycles. The predicted molar refractivity (Wildman–Crippen MR) is 66.3 cm³/mol. The molecule has 0 amide bonds. The second kappa shape index (κ2) is 6.86. The number of esters is 2. The molecule has 1 N–H and O–H groups in total. The monoisotopic (exact) mass is 274 g/mol. The first kappa shape index (κ1) is 15.9. The SMILES string of the molecule is CCOC(=O)C(C(=O)OCC)C(O)(COC)C1CC1. The van der Waals surface area contributed by atoms with Crippen LogP contribution in [0, 0.1) is 11.8 Å². The largest absolute Gasteiger partial charge is 0.465 e. The van der Waals surface area contributed by atoms with Crippen LogP contribution in [0.4, 0.5) is 0 Å². The second-order valence-electron chi connectivity index (χ2n) is 4.64. The van der Waals surface area contributed by atoms with Gasteiger partial charge in [0.2, 0.25) is 0 Å². The highest BCUT2D eigenvalue weighted by Crippen LogP contribution is 2.44. The summed E-state index contributed by atoms with van der Waals surface area (Å²) in [6.45, 7) is 3.48. The molecule has 1 atom stereocenters. The Hall–Kier alpha value is -1.14. The minimum atomic E-state index is -1.55. The van der Waals surface area contributed by atoms with Crippen molar-refractivity contribution in [1.29, 1.82) is 0 Å². The van der Waals surface area contributed by atoms with Crippen molar-refractivity contribution in [3.05, 3.63) is 0 Å². The van der Waals surface area contributed by atoms with Crippen LogP contribution in [0.2, 0.25) is 0 Å². The van der Waals surface area contributed by atoms with Crippen molar-refractivity contribution in [2.24, 2.45) is 11.8 Å². The summed E-state index contributed by atoms with van der Waals surface area (Å²) >= 11 is 0. The molecule has 1 unspecified atom stereocenters. The summed E-state index contributed by atoms with van der Waals surface area (Å²) in [6, 6.07) is 0. The van der Waals surface area contributed by atoms with Gasteiger partial charge in [0.1, 0.15) is 5.60 Å². The lowest BCUT2D eigenvalue weighted by molar-refractivity contribution is -0.181. The molecular formula is C13H22O6. The van der Waals surface area contributed by atoms with Gasteiger partial charge in [0.05, 0.1) is 19.8 Å². The van der Waals surface area contributed by atoms with Gasteiger partial charge >= 0.3 is 11.9 Å². The Morgan fingerprint density at radius 3 is 2.00 bits per heavy atom. The minimum Gasteiger partial charge on any atom is -0.465 e. The van der Waals surface area contributed by atoms with Crippen molar-refractivity contribution < 1.29 is 28.9 Å². The van der Waals surface area contributed by atoms with Crippen LogP contribution in [-0.4, -0.2) is 49.6 Å². The number of ether oxygens (including phenoxy) is 3. The van der Waals surface area contributed by atoms with E-state index in [0.29, 0.717) is 0 Å². The van der Waals surface area contributed by atoms with E-state index in [1.165, 1.54) is 7.11 Å². The molecule has 6 heteroatoms. The van der Waals surface area contributed by atoms with Crippen LogP contribution in [0.3, 0.4) is 0 Å². The standard InChI is InChI=1S/C13H22O6/c1-4-18-11(14)10(12(15)19-5-2)13(16,8-17-3)9-6-7-9/h9-10,16H,4-8H2,1-3H3. The van der Waals surface area contributed by atoms with Gasteiger partial charge in [-0.05, 0) is 32.6 Å². The van der Waals surface area contributed by atoms with Gasteiger partial charge in [-0.15, -0.1) is 0 Å². The molecule has 0 aliphatic heterocycles. The van der Waals surface area contributed by atoms with E-state index in [-0.39, 0.29) is 25.7 Å². The van der Waals surface area contributed by atoms with Gasteiger partial charge in [-0.3, -0.25) is 9.59 Å². The van der Waals surface area contributed by atoms with Crippen LogP contribution in [0.1, 0.15) is 26.7 Å². The first-order chi connectivity index (χ1) is 9.01. The fourth-order valence-corrected chi connectivity index (χ4v) is 2.21. The molecule has 0 aromatic heterocycles. The van der Waals surface area contributed by atoms with Crippen molar-refractivity contribution in [3.63, 3.8) is 0 Å². The summed E-state index contributed by atoms with van der Waals surface area (Å²) in [4.78, 5) is 23.9. The smallest absolute Gasteiger partial charge is 0.323 e. The Morgan fingerprint density at radius 1 is 1.21 bits per heavy atom. The van der Waals surface area contributed by atoms with Crippen molar-refractivity contribution in [2.75, 3.05) is 26.9 Å². The predicted octanol–water partition coefficient (Wildman–Crippen LogP) is 0.516. The van der Waals surface area contributed by atoms with Crippen LogP contribution in [0.5, 0.6) is 0 Å². The lowest BCUT2D eigenvalue weighted by Gasteiger charge is -2.32. The molecule has 1 fully saturated rings. The number of carbonyl (C=O) groups excluding carboxylic acids is 2. The molecule has 0 saturated heterocycles. The van der Waals surface area contributed by atoms with Crippen LogP contribution < -0.4 is 0 Å². The van der Waals surface area contributed by atoms with E-state index in [0.717, 1.165) is 12.8 Å². The third kappa shape index (κ3) is 3.67. The lowest BCUT2D eigenvalue weighted by Crippen LogP contribution is -2.53. The molecule has 0 spiro atoms. The maximum Gasteiger partial charge on any atom is 0.323 e. The van der Waals surface area contributed by atoms with Crippen LogP contribution in [-0.2, 0) is 23.8 Å². The molecule has 0 radical (unpaired) electrons. The molecular weight excluding hydrogens is 252 g/mol. The Balaban J connectivity index is 2.97. The van der Waals surface area contributed by atoms with Gasteiger partial charge in [0, 0.05) is 7.11 Å². The number of rotatable bonds is 8. The van der Waals surface area contributed by atoms with E-state index < -0.39 is 23.5 Å². The minimum absolute atomic E-state index is 0.0973. The number of aliphatic hydroxyl groups is 1. The van der Waals surface area contributed by atoms with Crippen molar-refractivity contribution in [3.8, 4) is 0 Å². The Bertz CT molecular complexity index is 307. The third-order valence-electron chi connectivity index (χ3n) is 3.20. The van der Waals surface area contributed by atoms with Gasteiger partial charge in [-0.2, -0.15) is 0 Å². The zero-order valence-corrected chi connectivity index (χ0v) is 11.7. The third-order valence-corrected chi connectivity index (χ3v) is 3.20. The maximum absolute atomic E-state index is 12.0. The van der Waals surface area contributed by atoms with E-state index in [1.54, 1.807) is 13.8 Å². The summed E-state index contributed by atoms with van der Waals surface area (Å²) in [7, 11) is 1.42. The molecule has 110 valence electrons. The van der Waals surface area contributed by atoms with Crippen molar-refractivity contribution in [2.45, 2.75) is 32.3 Å². The van der Waals surface area contributed by atoms with Crippen LogP contribution >= 0.6 is 0 Å². The molecule has 1 saturated carbocycles. The van der Waals surface area contributed by atoms with Crippen molar-refractivity contribution >= 4 is 11.9 Å². The highest BCUT2D eigenvalue weighted by molar-refractivity contribution is 5.96. The second-order valence-corrected chi connectivity index (χ2v) is 4.64. The first-order valence-corrected chi connectivity index (χ1v) is 6.55. The van der Waals surface area contributed by atoms with Crippen LogP contribution in [0.15, 0.2) is 0 Å². The molecule has 1 aliphatic carbocycles. The van der Waals surface area contributed by atoms with Gasteiger partial charge in [-0.1, -0.05) is 0 Å². The summed E-state index contributed by atoms with van der Waals surface area (Å²) in [5, 5.41) is 10.7. The number of methoxy groups -OCH3 is 1. The Kier molecular flexibility index (Phi) is 5.75. The van der Waals surface area contributed by atoms with E-state index in [2.05, 4.69) is 0 Å². The van der Waals surface area contributed by atoms with Gasteiger partial charge in [-0.25, -0.2) is 0 Å². The summed E-state index contributed by atoms with van der Waals surface area (Å²) in [5.41, 5.74) is -1.55. The Labute approximate surface area is 113 Å². The van der Waals surface area contributed by atoms with E-state index in [1.807, 2.05) is 0 Å². The lowest BCUT2D eigenvalue weighted by atomic mass is 9.83. The van der Waals surface area contributed by atoms with Gasteiger partial charge < -0.3 is 19.3 Å². The zero-order chi connectivity index (χ0) is 14.5. The number of hydrogen-bond donors (Lipinski definition) is 1. The number of hydrogen-bond acceptors (Lipinski definition) is 6. The zero-order valence-electron chi connectivity index (χ0n) is 11.7. The normalized spacial score (nSPS) is 17.9. The molecule has 19 heavy (non-hydrogen) atoms. The molecule has 0 bridgehead atoms. The van der Waals surface area contributed by atoms with Gasteiger partial charge in [0.25, 0.3) is 0 Å². The summed E-state index contributed by atoms with van der Waals surface area (Å²) in [6.07, 6.45) is 1.52. The fraction of sp³-hybridized carbons (Fsp3) is 0.846. The fourth-order valence-electron chi connectivity index (χ4n) is 2.21. The summed E-state index contributed by atoms with van der Waals surface area (Å²) < 4.78 is 14.8. The molecule has 1 aliphatic rings. The van der Waals surface area contributed by atoms with E-state index in [4.69, 9.17) is 14.2 Å². The van der Waals surface area contributed by atoms with Crippen LogP contribution in [0.25, 0.3) is 0 Å². The molecule has 0 heterocycles. The average molecular weight is 274 g/mol. The van der Waals surface area contributed by atoms with E-state index in [9.17, 15) is 14.7 Å². The number of carbonyl (C=O) groups is 2. The molecule has 6 nitrogen and oxygen atoms in total. The topological polar surface area (TPSA) is 82.1 Å². The quantitative estimate of drug-likeness (QED) is 0.513.